The van der Waals surface area contributed by atoms with Crippen LogP contribution in [0.4, 0.5) is 13.2 Å². The number of halogens is 3. The second-order valence-electron chi connectivity index (χ2n) is 2.93. The number of hydrogen-bond acceptors (Lipinski definition) is 0. The van der Waals surface area contributed by atoms with E-state index in [2.05, 4.69) is 0 Å². The van der Waals surface area contributed by atoms with E-state index in [0.717, 1.165) is 12.8 Å². The van der Waals surface area contributed by atoms with Crippen molar-refractivity contribution in [3.63, 3.8) is 0 Å². The molecule has 1 aliphatic rings. The molecule has 0 bridgehead atoms. The molecule has 0 aromatic heterocycles. The number of hydrogen-bond donors (Lipinski definition) is 0. The maximum atomic E-state index is 11.8. The summed E-state index contributed by atoms with van der Waals surface area (Å²) in [6.07, 6.45) is -1.93. The van der Waals surface area contributed by atoms with Crippen molar-refractivity contribution in [1.29, 1.82) is 0 Å². The first-order valence-corrected chi connectivity index (χ1v) is 3.62. The SMILES string of the molecule is CCCC1CC1C(F)(F)F. The highest BCUT2D eigenvalue weighted by Crippen LogP contribution is 2.51. The van der Waals surface area contributed by atoms with Gasteiger partial charge in [0.25, 0.3) is 0 Å². The standard InChI is InChI=1S/C7H11F3/c1-2-3-5-4-6(5)7(8,9)10/h5-6H,2-4H2,1H3. The molecule has 0 saturated heterocycles. The van der Waals surface area contributed by atoms with Gasteiger partial charge in [0.2, 0.25) is 0 Å². The molecule has 3 heteroatoms. The molecule has 1 fully saturated rings. The first kappa shape index (κ1) is 7.89. The van der Waals surface area contributed by atoms with Gasteiger partial charge in [0.15, 0.2) is 0 Å². The minimum Gasteiger partial charge on any atom is -0.171 e. The van der Waals surface area contributed by atoms with Crippen molar-refractivity contribution >= 4 is 0 Å². The Morgan fingerprint density at radius 2 is 2.00 bits per heavy atom. The van der Waals surface area contributed by atoms with Crippen LogP contribution in [0, 0.1) is 11.8 Å². The van der Waals surface area contributed by atoms with E-state index in [9.17, 15) is 13.2 Å². The molecule has 0 aromatic rings. The van der Waals surface area contributed by atoms with E-state index in [0.29, 0.717) is 6.42 Å². The van der Waals surface area contributed by atoms with Crippen molar-refractivity contribution in [2.45, 2.75) is 32.4 Å². The summed E-state index contributed by atoms with van der Waals surface area (Å²) in [5, 5.41) is 0. The lowest BCUT2D eigenvalue weighted by molar-refractivity contribution is -0.151. The Morgan fingerprint density at radius 1 is 1.40 bits per heavy atom. The van der Waals surface area contributed by atoms with Crippen LogP contribution in [-0.2, 0) is 0 Å². The predicted molar refractivity (Wildman–Crippen MR) is 32.6 cm³/mol. The lowest BCUT2D eigenvalue weighted by atomic mass is 10.2. The Balaban J connectivity index is 2.25. The van der Waals surface area contributed by atoms with Gasteiger partial charge < -0.3 is 0 Å². The van der Waals surface area contributed by atoms with Crippen LogP contribution in [0.5, 0.6) is 0 Å². The minimum absolute atomic E-state index is 0.0509. The van der Waals surface area contributed by atoms with Gasteiger partial charge in [-0.05, 0) is 12.3 Å². The van der Waals surface area contributed by atoms with Crippen molar-refractivity contribution in [2.24, 2.45) is 11.8 Å². The van der Waals surface area contributed by atoms with Crippen LogP contribution >= 0.6 is 0 Å². The molecular formula is C7H11F3. The summed E-state index contributed by atoms with van der Waals surface area (Å²) in [4.78, 5) is 0. The van der Waals surface area contributed by atoms with Gasteiger partial charge in [-0.2, -0.15) is 13.2 Å². The third-order valence-electron chi connectivity index (χ3n) is 2.00. The summed E-state index contributed by atoms with van der Waals surface area (Å²) in [5.41, 5.74) is 0. The Morgan fingerprint density at radius 3 is 2.30 bits per heavy atom. The van der Waals surface area contributed by atoms with Gasteiger partial charge in [-0.25, -0.2) is 0 Å². The number of rotatable bonds is 2. The summed E-state index contributed by atoms with van der Waals surface area (Å²) in [5.74, 6) is -1.02. The fraction of sp³-hybridized carbons (Fsp3) is 1.00. The molecule has 1 rings (SSSR count). The fourth-order valence-corrected chi connectivity index (χ4v) is 1.34. The highest BCUT2D eigenvalue weighted by Gasteiger charge is 2.54. The van der Waals surface area contributed by atoms with Crippen LogP contribution in [0.15, 0.2) is 0 Å². The first-order valence-electron chi connectivity index (χ1n) is 3.62. The zero-order chi connectivity index (χ0) is 7.78. The highest BCUT2D eigenvalue weighted by molar-refractivity contribution is 4.90. The topological polar surface area (TPSA) is 0 Å². The van der Waals surface area contributed by atoms with Crippen LogP contribution in [0.1, 0.15) is 26.2 Å². The monoisotopic (exact) mass is 152 g/mol. The second-order valence-corrected chi connectivity index (χ2v) is 2.93. The molecule has 0 amide bonds. The molecule has 0 N–H and O–H groups in total. The van der Waals surface area contributed by atoms with Crippen molar-refractivity contribution in [1.82, 2.24) is 0 Å². The van der Waals surface area contributed by atoms with Crippen LogP contribution in [0.2, 0.25) is 0 Å². The summed E-state index contributed by atoms with van der Waals surface area (Å²) in [7, 11) is 0. The molecular weight excluding hydrogens is 141 g/mol. The van der Waals surface area contributed by atoms with Crippen molar-refractivity contribution < 1.29 is 13.2 Å². The van der Waals surface area contributed by atoms with Gasteiger partial charge in [0, 0.05) is 0 Å². The van der Waals surface area contributed by atoms with E-state index in [1.54, 1.807) is 0 Å². The van der Waals surface area contributed by atoms with Crippen LogP contribution in [-0.4, -0.2) is 6.18 Å². The molecule has 0 radical (unpaired) electrons. The third-order valence-corrected chi connectivity index (χ3v) is 2.00. The quantitative estimate of drug-likeness (QED) is 0.570. The molecule has 0 nitrogen and oxygen atoms in total. The molecule has 2 unspecified atom stereocenters. The van der Waals surface area contributed by atoms with Crippen molar-refractivity contribution in [3.8, 4) is 0 Å². The summed E-state index contributed by atoms with van der Waals surface area (Å²) >= 11 is 0. The molecule has 0 heterocycles. The summed E-state index contributed by atoms with van der Waals surface area (Å²) in [6.45, 7) is 1.92. The lowest BCUT2D eigenvalue weighted by Gasteiger charge is -2.03. The van der Waals surface area contributed by atoms with E-state index < -0.39 is 12.1 Å². The Bertz CT molecular complexity index is 117. The Kier molecular flexibility index (Phi) is 1.92. The number of alkyl halides is 3. The molecule has 60 valence electrons. The molecule has 0 aromatic carbocycles. The predicted octanol–water partition coefficient (Wildman–Crippen LogP) is 2.98. The first-order chi connectivity index (χ1) is 4.55. The van der Waals surface area contributed by atoms with E-state index in [-0.39, 0.29) is 5.92 Å². The Labute approximate surface area is 58.4 Å². The van der Waals surface area contributed by atoms with Gasteiger partial charge in [0.05, 0.1) is 5.92 Å². The molecule has 1 aliphatic carbocycles. The Hall–Kier alpha value is -0.210. The maximum Gasteiger partial charge on any atom is 0.392 e. The average Bonchev–Trinajstić information content (AvgIpc) is 2.44. The largest absolute Gasteiger partial charge is 0.392 e. The average molecular weight is 152 g/mol. The van der Waals surface area contributed by atoms with E-state index in [4.69, 9.17) is 0 Å². The summed E-state index contributed by atoms with van der Waals surface area (Å²) < 4.78 is 35.4. The zero-order valence-corrected chi connectivity index (χ0v) is 5.91. The molecule has 0 aliphatic heterocycles. The maximum absolute atomic E-state index is 11.8. The van der Waals surface area contributed by atoms with Gasteiger partial charge in [0.1, 0.15) is 0 Å². The summed E-state index contributed by atoms with van der Waals surface area (Å²) in [6, 6.07) is 0. The lowest BCUT2D eigenvalue weighted by Crippen LogP contribution is -2.11. The van der Waals surface area contributed by atoms with Crippen molar-refractivity contribution in [2.75, 3.05) is 0 Å². The molecule has 10 heavy (non-hydrogen) atoms. The van der Waals surface area contributed by atoms with Gasteiger partial charge in [-0.1, -0.05) is 19.8 Å². The normalized spacial score (nSPS) is 32.4. The van der Waals surface area contributed by atoms with E-state index >= 15 is 0 Å². The second kappa shape index (κ2) is 2.44. The fourth-order valence-electron chi connectivity index (χ4n) is 1.34. The van der Waals surface area contributed by atoms with Crippen molar-refractivity contribution in [3.05, 3.63) is 0 Å². The van der Waals surface area contributed by atoms with Crippen LogP contribution in [0.3, 0.4) is 0 Å². The molecule has 0 spiro atoms. The van der Waals surface area contributed by atoms with E-state index in [1.807, 2.05) is 6.92 Å². The minimum atomic E-state index is -3.92. The third kappa shape index (κ3) is 1.64. The van der Waals surface area contributed by atoms with Gasteiger partial charge in [-0.3, -0.25) is 0 Å². The smallest absolute Gasteiger partial charge is 0.171 e. The zero-order valence-electron chi connectivity index (χ0n) is 5.91. The van der Waals surface area contributed by atoms with Gasteiger partial charge >= 0.3 is 6.18 Å². The molecule has 2 atom stereocenters. The van der Waals surface area contributed by atoms with Gasteiger partial charge in [-0.15, -0.1) is 0 Å². The highest BCUT2D eigenvalue weighted by atomic mass is 19.4. The van der Waals surface area contributed by atoms with Crippen LogP contribution < -0.4 is 0 Å². The molecule has 1 saturated carbocycles. The van der Waals surface area contributed by atoms with Crippen LogP contribution in [0.25, 0.3) is 0 Å². The van der Waals surface area contributed by atoms with E-state index in [1.165, 1.54) is 0 Å².